The van der Waals surface area contributed by atoms with Crippen molar-refractivity contribution in [2.24, 2.45) is 0 Å². The van der Waals surface area contributed by atoms with Gasteiger partial charge in [-0.3, -0.25) is 4.79 Å². The first-order chi connectivity index (χ1) is 9.10. The zero-order valence-corrected chi connectivity index (χ0v) is 10.7. The molecule has 19 heavy (non-hydrogen) atoms. The predicted octanol–water partition coefficient (Wildman–Crippen LogP) is 2.56. The Morgan fingerprint density at radius 3 is 2.63 bits per heavy atom. The fraction of sp³-hybridized carbons (Fsp3) is 0.0833. The quantitative estimate of drug-likeness (QED) is 0.907. The van der Waals surface area contributed by atoms with Crippen LogP contribution in [0.25, 0.3) is 0 Å². The molecule has 0 aliphatic rings. The summed E-state index contributed by atoms with van der Waals surface area (Å²) in [6.07, 6.45) is 2.39. The molecule has 7 heteroatoms. The molecular formula is C12H10ClFN4O. The van der Waals surface area contributed by atoms with E-state index in [-0.39, 0.29) is 16.4 Å². The highest BCUT2D eigenvalue weighted by Gasteiger charge is 2.12. The van der Waals surface area contributed by atoms with E-state index < -0.39 is 11.7 Å². The summed E-state index contributed by atoms with van der Waals surface area (Å²) in [5.74, 6) is -0.160. The van der Waals surface area contributed by atoms with E-state index >= 15 is 0 Å². The number of amides is 1. The number of pyridine rings is 2. The highest BCUT2D eigenvalue weighted by molar-refractivity contribution is 6.34. The van der Waals surface area contributed by atoms with Gasteiger partial charge in [-0.25, -0.2) is 14.4 Å². The Labute approximate surface area is 113 Å². The third-order valence-electron chi connectivity index (χ3n) is 2.33. The van der Waals surface area contributed by atoms with Crippen LogP contribution in [0.4, 0.5) is 16.0 Å². The second kappa shape index (κ2) is 5.62. The number of hydrogen-bond donors (Lipinski definition) is 2. The minimum Gasteiger partial charge on any atom is -0.373 e. The van der Waals surface area contributed by atoms with E-state index in [0.717, 1.165) is 6.20 Å². The average Bonchev–Trinajstić information content (AvgIpc) is 2.42. The lowest BCUT2D eigenvalue weighted by molar-refractivity contribution is 0.102. The number of nitrogens with one attached hydrogen (secondary N) is 2. The van der Waals surface area contributed by atoms with Gasteiger partial charge >= 0.3 is 0 Å². The Hall–Kier alpha value is -2.21. The zero-order chi connectivity index (χ0) is 13.8. The van der Waals surface area contributed by atoms with Crippen LogP contribution < -0.4 is 10.6 Å². The number of hydrogen-bond acceptors (Lipinski definition) is 4. The number of carbonyl (C=O) groups excluding carboxylic acids is 1. The Kier molecular flexibility index (Phi) is 3.91. The van der Waals surface area contributed by atoms with Gasteiger partial charge in [0.1, 0.15) is 17.5 Å². The maximum Gasteiger partial charge on any atom is 0.258 e. The molecule has 98 valence electrons. The zero-order valence-electron chi connectivity index (χ0n) is 9.95. The first kappa shape index (κ1) is 13.2. The standard InChI is InChI=1S/C12H10ClFN4O/c1-15-11-4-8(9(13)6-17-11)12(19)18-10-3-2-7(14)5-16-10/h2-6H,1H3,(H,15,17)(H,16,18,19). The van der Waals surface area contributed by atoms with E-state index in [9.17, 15) is 9.18 Å². The van der Waals surface area contributed by atoms with Gasteiger partial charge in [-0.2, -0.15) is 0 Å². The second-order valence-electron chi connectivity index (χ2n) is 3.62. The van der Waals surface area contributed by atoms with Crippen LogP contribution in [0.15, 0.2) is 30.6 Å². The van der Waals surface area contributed by atoms with Crippen LogP contribution in [0.2, 0.25) is 5.02 Å². The van der Waals surface area contributed by atoms with Crippen LogP contribution >= 0.6 is 11.6 Å². The van der Waals surface area contributed by atoms with E-state index in [1.54, 1.807) is 7.05 Å². The molecule has 0 atom stereocenters. The number of carbonyl (C=O) groups is 1. The smallest absolute Gasteiger partial charge is 0.258 e. The number of anilines is 2. The van der Waals surface area contributed by atoms with E-state index in [1.165, 1.54) is 24.4 Å². The van der Waals surface area contributed by atoms with Crippen LogP contribution in [-0.2, 0) is 0 Å². The molecule has 0 bridgehead atoms. The largest absolute Gasteiger partial charge is 0.373 e. The van der Waals surface area contributed by atoms with Crippen molar-refractivity contribution < 1.29 is 9.18 Å². The van der Waals surface area contributed by atoms with Crippen LogP contribution in [0.1, 0.15) is 10.4 Å². The molecule has 0 aromatic carbocycles. The van der Waals surface area contributed by atoms with E-state index in [4.69, 9.17) is 11.6 Å². The van der Waals surface area contributed by atoms with Crippen molar-refractivity contribution in [2.45, 2.75) is 0 Å². The Morgan fingerprint density at radius 2 is 2.00 bits per heavy atom. The molecule has 2 N–H and O–H groups in total. The van der Waals surface area contributed by atoms with Gasteiger partial charge in [-0.15, -0.1) is 0 Å². The maximum atomic E-state index is 12.7. The second-order valence-corrected chi connectivity index (χ2v) is 4.02. The van der Waals surface area contributed by atoms with Crippen LogP contribution in [-0.4, -0.2) is 22.9 Å². The monoisotopic (exact) mass is 280 g/mol. The van der Waals surface area contributed by atoms with Gasteiger partial charge in [-0.05, 0) is 18.2 Å². The molecule has 5 nitrogen and oxygen atoms in total. The molecule has 0 aliphatic heterocycles. The molecule has 2 heterocycles. The number of aromatic nitrogens is 2. The summed E-state index contributed by atoms with van der Waals surface area (Å²) in [5.41, 5.74) is 0.257. The van der Waals surface area contributed by atoms with Gasteiger partial charge in [0.05, 0.1) is 16.8 Å². The minimum absolute atomic E-state index is 0.221. The average molecular weight is 281 g/mol. The lowest BCUT2D eigenvalue weighted by Crippen LogP contribution is -2.14. The fourth-order valence-electron chi connectivity index (χ4n) is 1.38. The van der Waals surface area contributed by atoms with Gasteiger partial charge in [0.2, 0.25) is 0 Å². The third-order valence-corrected chi connectivity index (χ3v) is 2.63. The molecule has 0 saturated heterocycles. The minimum atomic E-state index is -0.475. The van der Waals surface area contributed by atoms with Gasteiger partial charge < -0.3 is 10.6 Å². The lowest BCUT2D eigenvalue weighted by Gasteiger charge is -2.07. The molecule has 0 spiro atoms. The molecule has 2 rings (SSSR count). The molecule has 2 aromatic rings. The molecule has 0 aliphatic carbocycles. The summed E-state index contributed by atoms with van der Waals surface area (Å²) in [5, 5.41) is 5.55. The van der Waals surface area contributed by atoms with Crippen molar-refractivity contribution in [3.63, 3.8) is 0 Å². The van der Waals surface area contributed by atoms with Crippen LogP contribution in [0, 0.1) is 5.82 Å². The maximum absolute atomic E-state index is 12.7. The molecule has 0 saturated carbocycles. The predicted molar refractivity (Wildman–Crippen MR) is 70.9 cm³/mol. The summed E-state index contributed by atoms with van der Waals surface area (Å²) in [7, 11) is 1.68. The van der Waals surface area contributed by atoms with Crippen molar-refractivity contribution in [3.8, 4) is 0 Å². The Bertz CT molecular complexity index is 603. The molecule has 1 amide bonds. The fourth-order valence-corrected chi connectivity index (χ4v) is 1.57. The SMILES string of the molecule is CNc1cc(C(=O)Nc2ccc(F)cn2)c(Cl)cn1. The van der Waals surface area contributed by atoms with E-state index in [2.05, 4.69) is 20.6 Å². The summed E-state index contributed by atoms with van der Waals surface area (Å²) in [4.78, 5) is 19.7. The van der Waals surface area contributed by atoms with Gasteiger partial charge in [0, 0.05) is 13.2 Å². The highest BCUT2D eigenvalue weighted by atomic mass is 35.5. The van der Waals surface area contributed by atoms with E-state index in [1.807, 2.05) is 0 Å². The first-order valence-corrected chi connectivity index (χ1v) is 5.74. The summed E-state index contributed by atoms with van der Waals surface area (Å²) in [6.45, 7) is 0. The Morgan fingerprint density at radius 1 is 1.26 bits per heavy atom. The summed E-state index contributed by atoms with van der Waals surface area (Å²) in [6, 6.07) is 4.08. The number of rotatable bonds is 3. The van der Waals surface area contributed by atoms with Crippen molar-refractivity contribution in [2.75, 3.05) is 17.7 Å². The van der Waals surface area contributed by atoms with Crippen molar-refractivity contribution in [1.82, 2.24) is 9.97 Å². The molecule has 0 fully saturated rings. The topological polar surface area (TPSA) is 66.9 Å². The van der Waals surface area contributed by atoms with Gasteiger partial charge in [-0.1, -0.05) is 11.6 Å². The van der Waals surface area contributed by atoms with Crippen LogP contribution in [0.5, 0.6) is 0 Å². The van der Waals surface area contributed by atoms with Gasteiger partial charge in [0.25, 0.3) is 5.91 Å². The lowest BCUT2D eigenvalue weighted by atomic mass is 10.2. The van der Waals surface area contributed by atoms with Crippen LogP contribution in [0.3, 0.4) is 0 Å². The van der Waals surface area contributed by atoms with Crippen molar-refractivity contribution in [3.05, 3.63) is 47.0 Å². The first-order valence-electron chi connectivity index (χ1n) is 5.36. The normalized spacial score (nSPS) is 10.1. The van der Waals surface area contributed by atoms with Crippen molar-refractivity contribution >= 4 is 29.1 Å². The number of nitrogens with zero attached hydrogens (tertiary/aromatic N) is 2. The molecule has 0 unspecified atom stereocenters. The van der Waals surface area contributed by atoms with Crippen molar-refractivity contribution in [1.29, 1.82) is 0 Å². The Balaban J connectivity index is 2.22. The van der Waals surface area contributed by atoms with E-state index in [0.29, 0.717) is 5.82 Å². The molecular weight excluding hydrogens is 271 g/mol. The summed E-state index contributed by atoms with van der Waals surface area (Å²) >= 11 is 5.91. The molecule has 0 radical (unpaired) electrons. The van der Waals surface area contributed by atoms with Gasteiger partial charge in [0.15, 0.2) is 0 Å². The number of halogens is 2. The third kappa shape index (κ3) is 3.17. The summed E-state index contributed by atoms with van der Waals surface area (Å²) < 4.78 is 12.7. The molecule has 2 aromatic heterocycles. The highest BCUT2D eigenvalue weighted by Crippen LogP contribution is 2.19.